The first-order chi connectivity index (χ1) is 15.2. The predicted molar refractivity (Wildman–Crippen MR) is 130 cm³/mol. The van der Waals surface area contributed by atoms with Gasteiger partial charge >= 0.3 is 0 Å². The van der Waals surface area contributed by atoms with Crippen LogP contribution in [0.2, 0.25) is 0 Å². The Morgan fingerprint density at radius 2 is 1.81 bits per heavy atom. The fraction of sp³-hybridized carbons (Fsp3) is 0.667. The molecule has 2 unspecified atom stereocenters. The van der Waals surface area contributed by atoms with Crippen LogP contribution < -0.4 is 5.32 Å². The van der Waals surface area contributed by atoms with E-state index in [4.69, 9.17) is 0 Å². The number of fused-ring (bicyclic) bond motifs is 1. The monoisotopic (exact) mass is 439 g/mol. The number of nitrogens with one attached hydrogen (secondary N) is 1. The van der Waals surface area contributed by atoms with E-state index in [9.17, 15) is 9.59 Å². The minimum atomic E-state index is -0.117. The molecule has 2 fully saturated rings. The number of Topliss-reactive ketones (excluding diaryl/α,β-unsaturated/α-hetero) is 1. The molecular formula is C27H41N3O2. The number of pyridine rings is 1. The lowest BCUT2D eigenvalue weighted by molar-refractivity contribution is 0.0785. The SMILES string of the molecule is CC(=O)c1cn2c(C(=O)NCC3CCCC(C)(C)C3C)cccc2n1.CC1CCCCC1. The lowest BCUT2D eigenvalue weighted by Gasteiger charge is -2.42. The van der Waals surface area contributed by atoms with Gasteiger partial charge in [-0.1, -0.05) is 72.3 Å². The van der Waals surface area contributed by atoms with Gasteiger partial charge in [0, 0.05) is 19.7 Å². The van der Waals surface area contributed by atoms with Crippen molar-refractivity contribution in [2.24, 2.45) is 23.2 Å². The van der Waals surface area contributed by atoms with Crippen LogP contribution in [-0.2, 0) is 0 Å². The summed E-state index contributed by atoms with van der Waals surface area (Å²) in [7, 11) is 0. The maximum Gasteiger partial charge on any atom is 0.268 e. The number of ketones is 1. The van der Waals surface area contributed by atoms with E-state index >= 15 is 0 Å². The Balaban J connectivity index is 0.000000352. The number of rotatable bonds is 4. The number of imidazole rings is 1. The molecule has 5 heteroatoms. The first-order valence-electron chi connectivity index (χ1n) is 12.5. The Labute approximate surface area is 193 Å². The van der Waals surface area contributed by atoms with Gasteiger partial charge < -0.3 is 5.32 Å². The summed E-state index contributed by atoms with van der Waals surface area (Å²) >= 11 is 0. The summed E-state index contributed by atoms with van der Waals surface area (Å²) < 4.78 is 1.69. The topological polar surface area (TPSA) is 63.5 Å². The summed E-state index contributed by atoms with van der Waals surface area (Å²) in [6.07, 6.45) is 12.7. The lowest BCUT2D eigenvalue weighted by Crippen LogP contribution is -2.40. The van der Waals surface area contributed by atoms with Gasteiger partial charge in [0.1, 0.15) is 17.0 Å². The van der Waals surface area contributed by atoms with E-state index in [-0.39, 0.29) is 11.7 Å². The molecule has 0 radical (unpaired) electrons. The number of carbonyl (C=O) groups excluding carboxylic acids is 2. The molecule has 0 spiro atoms. The molecule has 0 bridgehead atoms. The van der Waals surface area contributed by atoms with Crippen molar-refractivity contribution < 1.29 is 9.59 Å². The quantitative estimate of drug-likeness (QED) is 0.567. The van der Waals surface area contributed by atoms with Crippen LogP contribution in [0.15, 0.2) is 24.4 Å². The van der Waals surface area contributed by atoms with Crippen LogP contribution in [0.3, 0.4) is 0 Å². The highest BCUT2D eigenvalue weighted by molar-refractivity contribution is 5.95. The number of amides is 1. The standard InChI is InChI=1S/C20H27N3O2.C7H14/c1-13-15(7-6-10-20(13,3)4)11-21-19(25)17-8-5-9-18-22-16(14(2)24)12-23(17)18;1-7-5-3-2-4-6-7/h5,8-9,12-13,15H,6-7,10-11H2,1-4H3,(H,21,25);7H,2-6H2,1H3. The van der Waals surface area contributed by atoms with E-state index in [1.807, 2.05) is 0 Å². The summed E-state index contributed by atoms with van der Waals surface area (Å²) in [6.45, 7) is 11.5. The van der Waals surface area contributed by atoms with Crippen molar-refractivity contribution in [1.82, 2.24) is 14.7 Å². The molecule has 0 aromatic carbocycles. The second-order valence-corrected chi connectivity index (χ2v) is 10.7. The molecule has 2 heterocycles. The van der Waals surface area contributed by atoms with Crippen LogP contribution in [0.4, 0.5) is 0 Å². The molecule has 4 rings (SSSR count). The minimum Gasteiger partial charge on any atom is -0.350 e. The normalized spacial score (nSPS) is 23.3. The first kappa shape index (κ1) is 24.5. The highest BCUT2D eigenvalue weighted by atomic mass is 16.2. The molecule has 2 aliphatic carbocycles. The van der Waals surface area contributed by atoms with Crippen LogP contribution in [0.25, 0.3) is 5.65 Å². The van der Waals surface area contributed by atoms with Crippen molar-refractivity contribution in [2.45, 2.75) is 86.0 Å². The van der Waals surface area contributed by atoms with E-state index < -0.39 is 0 Å². The van der Waals surface area contributed by atoms with Crippen molar-refractivity contribution in [3.8, 4) is 0 Å². The Hall–Kier alpha value is -2.17. The Morgan fingerprint density at radius 3 is 2.44 bits per heavy atom. The number of nitrogens with zero attached hydrogens (tertiary/aromatic N) is 2. The smallest absolute Gasteiger partial charge is 0.268 e. The summed E-state index contributed by atoms with van der Waals surface area (Å²) in [5.74, 6) is 1.90. The third-order valence-corrected chi connectivity index (χ3v) is 7.84. The van der Waals surface area contributed by atoms with Gasteiger partial charge in [-0.05, 0) is 48.1 Å². The van der Waals surface area contributed by atoms with Crippen molar-refractivity contribution >= 4 is 17.3 Å². The van der Waals surface area contributed by atoms with Crippen molar-refractivity contribution in [1.29, 1.82) is 0 Å². The van der Waals surface area contributed by atoms with Crippen molar-refractivity contribution in [2.75, 3.05) is 6.54 Å². The van der Waals surface area contributed by atoms with Gasteiger partial charge in [-0.15, -0.1) is 0 Å². The average Bonchev–Trinajstić information content (AvgIpc) is 3.20. The largest absolute Gasteiger partial charge is 0.350 e. The van der Waals surface area contributed by atoms with E-state index in [0.717, 1.165) is 12.3 Å². The highest BCUT2D eigenvalue weighted by Gasteiger charge is 2.35. The van der Waals surface area contributed by atoms with Crippen LogP contribution in [0.1, 0.15) is 107 Å². The molecule has 2 atom stereocenters. The molecule has 2 saturated carbocycles. The van der Waals surface area contributed by atoms with Crippen molar-refractivity contribution in [3.05, 3.63) is 35.8 Å². The Bertz CT molecular complexity index is 924. The molecule has 1 amide bonds. The van der Waals surface area contributed by atoms with Crippen LogP contribution in [0.5, 0.6) is 0 Å². The second-order valence-electron chi connectivity index (χ2n) is 10.7. The predicted octanol–water partition coefficient (Wildman–Crippen LogP) is 6.32. The Kier molecular flexibility index (Phi) is 8.13. The van der Waals surface area contributed by atoms with Gasteiger partial charge in [0.2, 0.25) is 0 Å². The molecule has 0 saturated heterocycles. The molecule has 2 aromatic rings. The third kappa shape index (κ3) is 5.99. The summed E-state index contributed by atoms with van der Waals surface area (Å²) in [4.78, 5) is 28.5. The molecule has 176 valence electrons. The zero-order valence-corrected chi connectivity index (χ0v) is 20.6. The summed E-state index contributed by atoms with van der Waals surface area (Å²) in [5.41, 5.74) is 1.84. The molecule has 2 aliphatic rings. The lowest BCUT2D eigenvalue weighted by atomic mass is 9.64. The molecule has 1 N–H and O–H groups in total. The minimum absolute atomic E-state index is 0.103. The number of carbonyl (C=O) groups is 2. The van der Waals surface area contributed by atoms with Gasteiger partial charge in [-0.25, -0.2) is 4.98 Å². The number of hydrogen-bond donors (Lipinski definition) is 1. The van der Waals surface area contributed by atoms with Crippen molar-refractivity contribution in [3.63, 3.8) is 0 Å². The zero-order chi connectivity index (χ0) is 23.3. The zero-order valence-electron chi connectivity index (χ0n) is 20.6. The molecule has 5 nitrogen and oxygen atoms in total. The Morgan fingerprint density at radius 1 is 1.09 bits per heavy atom. The van der Waals surface area contributed by atoms with Gasteiger partial charge in [-0.3, -0.25) is 14.0 Å². The fourth-order valence-corrected chi connectivity index (χ4v) is 5.20. The van der Waals surface area contributed by atoms with E-state index in [0.29, 0.717) is 40.8 Å². The molecule has 32 heavy (non-hydrogen) atoms. The van der Waals surface area contributed by atoms with E-state index in [1.54, 1.807) is 28.8 Å². The van der Waals surface area contributed by atoms with Crippen LogP contribution in [0, 0.1) is 23.2 Å². The van der Waals surface area contributed by atoms with E-state index in [1.165, 1.54) is 51.9 Å². The van der Waals surface area contributed by atoms with Gasteiger partial charge in [-0.2, -0.15) is 0 Å². The van der Waals surface area contributed by atoms with Gasteiger partial charge in [0.25, 0.3) is 5.91 Å². The third-order valence-electron chi connectivity index (χ3n) is 7.84. The fourth-order valence-electron chi connectivity index (χ4n) is 5.20. The van der Waals surface area contributed by atoms with Crippen LogP contribution in [-0.4, -0.2) is 27.6 Å². The van der Waals surface area contributed by atoms with Crippen LogP contribution >= 0.6 is 0 Å². The summed E-state index contributed by atoms with van der Waals surface area (Å²) in [6, 6.07) is 5.37. The average molecular weight is 440 g/mol. The number of hydrogen-bond acceptors (Lipinski definition) is 3. The second kappa shape index (κ2) is 10.6. The maximum atomic E-state index is 12.7. The van der Waals surface area contributed by atoms with Gasteiger partial charge in [0.15, 0.2) is 5.78 Å². The maximum absolute atomic E-state index is 12.7. The summed E-state index contributed by atoms with van der Waals surface area (Å²) in [5, 5.41) is 3.10. The highest BCUT2D eigenvalue weighted by Crippen LogP contribution is 2.43. The first-order valence-corrected chi connectivity index (χ1v) is 12.5. The number of aromatic nitrogens is 2. The van der Waals surface area contributed by atoms with E-state index in [2.05, 4.69) is 38.0 Å². The molecule has 2 aromatic heterocycles. The molecule has 0 aliphatic heterocycles. The molecular weight excluding hydrogens is 398 g/mol. The van der Waals surface area contributed by atoms with Gasteiger partial charge in [0.05, 0.1) is 0 Å².